The Hall–Kier alpha value is -1.88. The summed E-state index contributed by atoms with van der Waals surface area (Å²) in [6.45, 7) is 0.516. The number of carboxylic acid groups (broad SMARTS) is 1. The molecule has 2 aliphatic rings. The van der Waals surface area contributed by atoms with E-state index in [-0.39, 0.29) is 11.9 Å². The van der Waals surface area contributed by atoms with Crippen LogP contribution in [0.25, 0.3) is 0 Å². The number of carboxylic acids is 1. The normalized spacial score (nSPS) is 27.9. The summed E-state index contributed by atoms with van der Waals surface area (Å²) in [6.07, 6.45) is 2.37. The maximum atomic E-state index is 12.5. The molecule has 1 saturated carbocycles. The fourth-order valence-corrected chi connectivity index (χ4v) is 3.30. The number of hydrogen-bond donors (Lipinski definition) is 2. The molecular weight excluding hydrogens is 270 g/mol. The summed E-state index contributed by atoms with van der Waals surface area (Å²) in [4.78, 5) is 23.6. The number of aliphatic carboxylic acids is 1. The second-order valence-corrected chi connectivity index (χ2v) is 5.69. The highest BCUT2D eigenvalue weighted by atomic mass is 16.5. The minimum absolute atomic E-state index is 0.222. The van der Waals surface area contributed by atoms with Gasteiger partial charge >= 0.3 is 5.97 Å². The van der Waals surface area contributed by atoms with Crippen molar-refractivity contribution in [1.29, 1.82) is 0 Å². The van der Waals surface area contributed by atoms with Crippen LogP contribution in [-0.4, -0.2) is 29.6 Å². The molecule has 5 nitrogen and oxygen atoms in total. The first-order valence-corrected chi connectivity index (χ1v) is 7.39. The lowest BCUT2D eigenvalue weighted by molar-refractivity contribution is -0.143. The lowest BCUT2D eigenvalue weighted by Gasteiger charge is -2.27. The molecular formula is C16H19NO4. The number of nitrogens with one attached hydrogen (secondary N) is 1. The van der Waals surface area contributed by atoms with E-state index in [9.17, 15) is 14.7 Å². The van der Waals surface area contributed by atoms with Crippen molar-refractivity contribution in [2.24, 2.45) is 5.92 Å². The summed E-state index contributed by atoms with van der Waals surface area (Å²) in [5.41, 5.74) is 2.02. The van der Waals surface area contributed by atoms with Gasteiger partial charge in [-0.05, 0) is 30.4 Å². The highest BCUT2D eigenvalue weighted by Gasteiger charge is 2.36. The molecule has 112 valence electrons. The highest BCUT2D eigenvalue weighted by Crippen LogP contribution is 2.30. The van der Waals surface area contributed by atoms with E-state index in [0.29, 0.717) is 13.0 Å². The Kier molecular flexibility index (Phi) is 3.92. The number of fused-ring (bicyclic) bond motifs is 1. The maximum Gasteiger partial charge on any atom is 0.308 e. The quantitative estimate of drug-likeness (QED) is 0.887. The van der Waals surface area contributed by atoms with Crippen LogP contribution in [0.1, 0.15) is 36.5 Å². The number of hydrogen-bond acceptors (Lipinski definition) is 3. The van der Waals surface area contributed by atoms with Crippen LogP contribution in [0.3, 0.4) is 0 Å². The molecule has 1 fully saturated rings. The first-order chi connectivity index (χ1) is 10.2. The van der Waals surface area contributed by atoms with Crippen molar-refractivity contribution >= 4 is 11.9 Å². The van der Waals surface area contributed by atoms with E-state index in [1.807, 2.05) is 24.3 Å². The van der Waals surface area contributed by atoms with E-state index in [4.69, 9.17) is 4.74 Å². The summed E-state index contributed by atoms with van der Waals surface area (Å²) in [7, 11) is 0. The van der Waals surface area contributed by atoms with Gasteiger partial charge in [0, 0.05) is 6.04 Å². The Bertz CT molecular complexity index is 557. The number of rotatable bonds is 3. The second kappa shape index (κ2) is 5.85. The van der Waals surface area contributed by atoms with Crippen LogP contribution in [0, 0.1) is 5.92 Å². The second-order valence-electron chi connectivity index (χ2n) is 5.69. The highest BCUT2D eigenvalue weighted by molar-refractivity contribution is 5.84. The molecule has 1 amide bonds. The molecule has 1 aliphatic heterocycles. The molecule has 1 aromatic carbocycles. The van der Waals surface area contributed by atoms with Crippen LogP contribution in [0.5, 0.6) is 0 Å². The number of benzene rings is 1. The average Bonchev–Trinajstić information content (AvgIpc) is 2.95. The molecule has 0 radical (unpaired) electrons. The van der Waals surface area contributed by atoms with Gasteiger partial charge < -0.3 is 15.2 Å². The van der Waals surface area contributed by atoms with Crippen molar-refractivity contribution in [3.63, 3.8) is 0 Å². The zero-order valence-corrected chi connectivity index (χ0v) is 11.7. The molecule has 5 heteroatoms. The third-order valence-electron chi connectivity index (χ3n) is 4.39. The Balaban J connectivity index is 1.73. The van der Waals surface area contributed by atoms with Crippen molar-refractivity contribution in [1.82, 2.24) is 5.32 Å². The minimum Gasteiger partial charge on any atom is -0.481 e. The van der Waals surface area contributed by atoms with Crippen molar-refractivity contribution in [2.45, 2.75) is 37.8 Å². The third kappa shape index (κ3) is 2.78. The van der Waals surface area contributed by atoms with E-state index in [1.165, 1.54) is 0 Å². The van der Waals surface area contributed by atoms with Crippen LogP contribution in [0.15, 0.2) is 24.3 Å². The minimum atomic E-state index is -0.831. The number of carbonyl (C=O) groups is 2. The number of amides is 1. The third-order valence-corrected chi connectivity index (χ3v) is 4.39. The van der Waals surface area contributed by atoms with Crippen LogP contribution in [0.4, 0.5) is 0 Å². The van der Waals surface area contributed by atoms with Crippen LogP contribution in [-0.2, 0) is 20.7 Å². The van der Waals surface area contributed by atoms with Gasteiger partial charge in [0.1, 0.15) is 0 Å². The van der Waals surface area contributed by atoms with Gasteiger partial charge in [0.15, 0.2) is 6.10 Å². The van der Waals surface area contributed by atoms with Gasteiger partial charge in [-0.15, -0.1) is 0 Å². The van der Waals surface area contributed by atoms with E-state index in [0.717, 1.165) is 30.4 Å². The zero-order valence-electron chi connectivity index (χ0n) is 11.7. The van der Waals surface area contributed by atoms with E-state index in [2.05, 4.69) is 5.32 Å². The molecule has 3 rings (SSSR count). The molecule has 1 heterocycles. The monoisotopic (exact) mass is 289 g/mol. The lowest BCUT2D eigenvalue weighted by atomic mass is 9.96. The summed E-state index contributed by atoms with van der Waals surface area (Å²) in [5, 5.41) is 12.1. The van der Waals surface area contributed by atoms with Crippen molar-refractivity contribution < 1.29 is 19.4 Å². The molecule has 0 bridgehead atoms. The van der Waals surface area contributed by atoms with Gasteiger partial charge in [0.25, 0.3) is 5.91 Å². The van der Waals surface area contributed by atoms with Crippen LogP contribution in [0.2, 0.25) is 0 Å². The number of carbonyl (C=O) groups excluding carboxylic acids is 1. The first-order valence-electron chi connectivity index (χ1n) is 7.39. The topological polar surface area (TPSA) is 75.6 Å². The molecule has 0 spiro atoms. The van der Waals surface area contributed by atoms with E-state index in [1.54, 1.807) is 0 Å². The molecule has 2 N–H and O–H groups in total. The Labute approximate surface area is 123 Å². The van der Waals surface area contributed by atoms with Crippen molar-refractivity contribution in [2.75, 3.05) is 6.61 Å². The fraction of sp³-hybridized carbons (Fsp3) is 0.500. The Morgan fingerprint density at radius 2 is 2.05 bits per heavy atom. The van der Waals surface area contributed by atoms with Gasteiger partial charge in [-0.3, -0.25) is 9.59 Å². The Morgan fingerprint density at radius 3 is 2.86 bits per heavy atom. The SMILES string of the molecule is O=C(N[C@H]1CCC[C@H]1C(=O)O)C1OCCc2ccccc21. The summed E-state index contributed by atoms with van der Waals surface area (Å²) in [6, 6.07) is 7.48. The standard InChI is InChI=1S/C16H19NO4/c18-15(17-13-7-3-6-12(13)16(19)20)14-11-5-2-1-4-10(11)8-9-21-14/h1-2,4-5,12-14H,3,6-9H2,(H,17,18)(H,19,20)/t12-,13+,14?/m1/s1. The molecule has 3 atom stereocenters. The zero-order chi connectivity index (χ0) is 14.8. The predicted molar refractivity (Wildman–Crippen MR) is 75.7 cm³/mol. The summed E-state index contributed by atoms with van der Waals surface area (Å²) < 4.78 is 5.61. The average molecular weight is 289 g/mol. The molecule has 0 saturated heterocycles. The molecule has 1 unspecified atom stereocenters. The molecule has 0 aromatic heterocycles. The molecule has 1 aromatic rings. The lowest BCUT2D eigenvalue weighted by Crippen LogP contribution is -2.43. The molecule has 1 aliphatic carbocycles. The smallest absolute Gasteiger partial charge is 0.308 e. The fourth-order valence-electron chi connectivity index (χ4n) is 3.30. The van der Waals surface area contributed by atoms with E-state index >= 15 is 0 Å². The van der Waals surface area contributed by atoms with Gasteiger partial charge in [-0.25, -0.2) is 0 Å². The predicted octanol–water partition coefficient (Wildman–Crippen LogP) is 1.67. The summed E-state index contributed by atoms with van der Waals surface area (Å²) >= 11 is 0. The van der Waals surface area contributed by atoms with Gasteiger partial charge in [0.2, 0.25) is 0 Å². The van der Waals surface area contributed by atoms with Gasteiger partial charge in [0.05, 0.1) is 12.5 Å². The van der Waals surface area contributed by atoms with Crippen LogP contribution >= 0.6 is 0 Å². The molecule has 21 heavy (non-hydrogen) atoms. The van der Waals surface area contributed by atoms with Crippen molar-refractivity contribution in [3.05, 3.63) is 35.4 Å². The van der Waals surface area contributed by atoms with Crippen LogP contribution < -0.4 is 5.32 Å². The summed E-state index contributed by atoms with van der Waals surface area (Å²) in [5.74, 6) is -1.53. The van der Waals surface area contributed by atoms with Gasteiger partial charge in [-0.1, -0.05) is 30.7 Å². The van der Waals surface area contributed by atoms with Crippen molar-refractivity contribution in [3.8, 4) is 0 Å². The first kappa shape index (κ1) is 14.1. The Morgan fingerprint density at radius 1 is 1.24 bits per heavy atom. The van der Waals surface area contributed by atoms with E-state index < -0.39 is 18.0 Å². The van der Waals surface area contributed by atoms with Gasteiger partial charge in [-0.2, -0.15) is 0 Å². The largest absolute Gasteiger partial charge is 0.481 e. The number of ether oxygens (including phenoxy) is 1. The maximum absolute atomic E-state index is 12.5.